The summed E-state index contributed by atoms with van der Waals surface area (Å²) in [5.41, 5.74) is 0.967. The van der Waals surface area contributed by atoms with Crippen LogP contribution < -0.4 is 10.1 Å². The number of amides is 1. The maximum Gasteiger partial charge on any atom is 0.255 e. The summed E-state index contributed by atoms with van der Waals surface area (Å²) in [5, 5.41) is 2.75. The van der Waals surface area contributed by atoms with Gasteiger partial charge < -0.3 is 10.1 Å². The first-order valence-corrected chi connectivity index (χ1v) is 9.23. The van der Waals surface area contributed by atoms with E-state index in [0.717, 1.165) is 0 Å². The van der Waals surface area contributed by atoms with Crippen LogP contribution in [-0.2, 0) is 10.0 Å². The summed E-state index contributed by atoms with van der Waals surface area (Å²) in [6.45, 7) is 3.60. The van der Waals surface area contributed by atoms with Crippen molar-refractivity contribution in [3.05, 3.63) is 54.1 Å². The molecule has 2 aromatic carbocycles. The minimum absolute atomic E-state index is 0.152. The van der Waals surface area contributed by atoms with Crippen LogP contribution in [0.2, 0.25) is 0 Å². The van der Waals surface area contributed by atoms with Crippen LogP contribution in [0.4, 0.5) is 5.69 Å². The Kier molecular flexibility index (Phi) is 5.81. The highest BCUT2D eigenvalue weighted by Crippen LogP contribution is 2.19. The molecule has 0 aliphatic rings. The van der Waals surface area contributed by atoms with Gasteiger partial charge in [0.05, 0.1) is 12.0 Å². The number of anilines is 1. The first-order valence-electron chi connectivity index (χ1n) is 7.79. The average molecular weight is 362 g/mol. The molecule has 134 valence electrons. The van der Waals surface area contributed by atoms with E-state index in [1.54, 1.807) is 45.2 Å². The quantitative estimate of drug-likeness (QED) is 0.857. The molecule has 0 aromatic heterocycles. The molecule has 1 N–H and O–H groups in total. The molecule has 6 nitrogen and oxygen atoms in total. The molecule has 0 radical (unpaired) electrons. The van der Waals surface area contributed by atoms with Gasteiger partial charge in [0, 0.05) is 30.4 Å². The van der Waals surface area contributed by atoms with E-state index in [4.69, 9.17) is 4.74 Å². The molecule has 2 aromatic rings. The zero-order valence-corrected chi connectivity index (χ0v) is 15.5. The van der Waals surface area contributed by atoms with Gasteiger partial charge in [-0.1, -0.05) is 6.07 Å². The number of nitrogens with one attached hydrogen (secondary N) is 1. The third-order valence-electron chi connectivity index (χ3n) is 3.85. The van der Waals surface area contributed by atoms with Crippen molar-refractivity contribution in [3.8, 4) is 5.75 Å². The topological polar surface area (TPSA) is 75.7 Å². The van der Waals surface area contributed by atoms with Crippen LogP contribution in [0.15, 0.2) is 53.4 Å². The molecule has 0 bridgehead atoms. The zero-order valence-electron chi connectivity index (χ0n) is 14.7. The van der Waals surface area contributed by atoms with Crippen LogP contribution in [0.25, 0.3) is 0 Å². The lowest BCUT2D eigenvalue weighted by atomic mass is 10.2. The van der Waals surface area contributed by atoms with E-state index < -0.39 is 10.0 Å². The minimum atomic E-state index is -3.56. The lowest BCUT2D eigenvalue weighted by Crippen LogP contribution is -2.33. The van der Waals surface area contributed by atoms with Gasteiger partial charge in [0.25, 0.3) is 5.91 Å². The van der Waals surface area contributed by atoms with Gasteiger partial charge in [-0.05, 0) is 50.2 Å². The van der Waals surface area contributed by atoms with E-state index in [9.17, 15) is 13.2 Å². The molecule has 0 atom stereocenters. The fourth-order valence-corrected chi connectivity index (χ4v) is 3.49. The Morgan fingerprint density at radius 3 is 2.32 bits per heavy atom. The maximum atomic E-state index is 12.4. The SMILES string of the molecule is COc1cccc(NC(=O)c2ccc(S(=O)(=O)N(C)C(C)C)cc2)c1. The lowest BCUT2D eigenvalue weighted by molar-refractivity contribution is 0.102. The highest BCUT2D eigenvalue weighted by Gasteiger charge is 2.23. The third-order valence-corrected chi connectivity index (χ3v) is 5.90. The molecule has 1 amide bonds. The first-order chi connectivity index (χ1) is 11.8. The predicted octanol–water partition coefficient (Wildman–Crippen LogP) is 2.98. The van der Waals surface area contributed by atoms with Gasteiger partial charge in [-0.2, -0.15) is 4.31 Å². The first kappa shape index (κ1) is 19.0. The van der Waals surface area contributed by atoms with E-state index in [-0.39, 0.29) is 16.8 Å². The van der Waals surface area contributed by atoms with Crippen molar-refractivity contribution in [1.29, 1.82) is 0 Å². The largest absolute Gasteiger partial charge is 0.497 e. The Hall–Kier alpha value is -2.38. The highest BCUT2D eigenvalue weighted by atomic mass is 32.2. The van der Waals surface area contributed by atoms with Crippen LogP contribution in [-0.4, -0.2) is 38.8 Å². The standard InChI is InChI=1S/C18H22N2O4S/c1-13(2)20(3)25(22,23)17-10-8-14(9-11-17)18(21)19-15-6-5-7-16(12-15)24-4/h5-13H,1-4H3,(H,19,21). The molecule has 0 spiro atoms. The molecule has 7 heteroatoms. The second-order valence-electron chi connectivity index (χ2n) is 5.83. The van der Waals surface area contributed by atoms with E-state index in [1.165, 1.54) is 35.6 Å². The molecular weight excluding hydrogens is 340 g/mol. The van der Waals surface area contributed by atoms with E-state index >= 15 is 0 Å². The zero-order chi connectivity index (χ0) is 18.6. The number of methoxy groups -OCH3 is 1. The molecule has 0 heterocycles. The molecule has 25 heavy (non-hydrogen) atoms. The summed E-state index contributed by atoms with van der Waals surface area (Å²) in [7, 11) is -0.482. The number of hydrogen-bond acceptors (Lipinski definition) is 4. The molecule has 0 aliphatic heterocycles. The molecule has 0 fully saturated rings. The van der Waals surface area contributed by atoms with Gasteiger partial charge in [-0.25, -0.2) is 8.42 Å². The third kappa shape index (κ3) is 4.37. The summed E-state index contributed by atoms with van der Waals surface area (Å²) in [6.07, 6.45) is 0. The lowest BCUT2D eigenvalue weighted by Gasteiger charge is -2.21. The predicted molar refractivity (Wildman–Crippen MR) is 97.5 cm³/mol. The summed E-state index contributed by atoms with van der Waals surface area (Å²) in [6, 6.07) is 12.7. The minimum Gasteiger partial charge on any atom is -0.497 e. The highest BCUT2D eigenvalue weighted by molar-refractivity contribution is 7.89. The van der Waals surface area contributed by atoms with E-state index in [2.05, 4.69) is 5.32 Å². The fraction of sp³-hybridized carbons (Fsp3) is 0.278. The monoisotopic (exact) mass is 362 g/mol. The van der Waals surface area contributed by atoms with Gasteiger partial charge in [0.15, 0.2) is 0 Å². The number of benzene rings is 2. The molecular formula is C18H22N2O4S. The number of nitrogens with zero attached hydrogens (tertiary/aromatic N) is 1. The van der Waals surface area contributed by atoms with Crippen molar-refractivity contribution in [1.82, 2.24) is 4.31 Å². The maximum absolute atomic E-state index is 12.4. The van der Waals surface area contributed by atoms with Gasteiger partial charge in [0.2, 0.25) is 10.0 Å². The van der Waals surface area contributed by atoms with Gasteiger partial charge in [0.1, 0.15) is 5.75 Å². The average Bonchev–Trinajstić information content (AvgIpc) is 2.61. The normalized spacial score (nSPS) is 11.6. The van der Waals surface area contributed by atoms with Crippen LogP contribution in [0.5, 0.6) is 5.75 Å². The van der Waals surface area contributed by atoms with E-state index in [0.29, 0.717) is 17.0 Å². The Balaban J connectivity index is 2.17. The summed E-state index contributed by atoms with van der Waals surface area (Å²) in [4.78, 5) is 12.5. The molecule has 2 rings (SSSR count). The Morgan fingerprint density at radius 2 is 1.76 bits per heavy atom. The van der Waals surface area contributed by atoms with Crippen molar-refractivity contribution in [2.75, 3.05) is 19.5 Å². The van der Waals surface area contributed by atoms with Crippen molar-refractivity contribution in [2.45, 2.75) is 24.8 Å². The van der Waals surface area contributed by atoms with Crippen molar-refractivity contribution < 1.29 is 17.9 Å². The van der Waals surface area contributed by atoms with Gasteiger partial charge >= 0.3 is 0 Å². The van der Waals surface area contributed by atoms with Crippen LogP contribution in [0.3, 0.4) is 0 Å². The van der Waals surface area contributed by atoms with Crippen molar-refractivity contribution >= 4 is 21.6 Å². The summed E-state index contributed by atoms with van der Waals surface area (Å²) < 4.78 is 31.3. The number of carbonyl (C=O) groups is 1. The molecule has 0 aliphatic carbocycles. The molecule has 0 unspecified atom stereocenters. The molecule has 0 saturated carbocycles. The smallest absolute Gasteiger partial charge is 0.255 e. The van der Waals surface area contributed by atoms with E-state index in [1.807, 2.05) is 0 Å². The summed E-state index contributed by atoms with van der Waals surface area (Å²) in [5.74, 6) is 0.311. The van der Waals surface area contributed by atoms with Crippen LogP contribution in [0, 0.1) is 0 Å². The number of hydrogen-bond donors (Lipinski definition) is 1. The van der Waals surface area contributed by atoms with Gasteiger partial charge in [-0.3, -0.25) is 4.79 Å². The second-order valence-corrected chi connectivity index (χ2v) is 7.82. The number of ether oxygens (including phenoxy) is 1. The van der Waals surface area contributed by atoms with Crippen LogP contribution in [0.1, 0.15) is 24.2 Å². The van der Waals surface area contributed by atoms with Crippen LogP contribution >= 0.6 is 0 Å². The fourth-order valence-electron chi connectivity index (χ4n) is 2.13. The Bertz CT molecular complexity index is 846. The Labute approximate surface area is 148 Å². The second kappa shape index (κ2) is 7.67. The van der Waals surface area contributed by atoms with Crippen molar-refractivity contribution in [3.63, 3.8) is 0 Å². The summed E-state index contributed by atoms with van der Waals surface area (Å²) >= 11 is 0. The molecule has 0 saturated heterocycles. The number of rotatable bonds is 6. The number of sulfonamides is 1. The van der Waals surface area contributed by atoms with Crippen molar-refractivity contribution in [2.24, 2.45) is 0 Å². The van der Waals surface area contributed by atoms with Gasteiger partial charge in [-0.15, -0.1) is 0 Å². The Morgan fingerprint density at radius 1 is 1.12 bits per heavy atom. The number of carbonyl (C=O) groups excluding carboxylic acids is 1.